The van der Waals surface area contributed by atoms with E-state index in [0.717, 1.165) is 5.69 Å². The first kappa shape index (κ1) is 23.2. The zero-order chi connectivity index (χ0) is 23.9. The fourth-order valence-corrected chi connectivity index (χ4v) is 4.06. The lowest BCUT2D eigenvalue weighted by atomic mass is 10.3. The highest BCUT2D eigenvalue weighted by Crippen LogP contribution is 2.29. The molecule has 1 unspecified atom stereocenters. The molecule has 0 radical (unpaired) electrons. The quantitative estimate of drug-likeness (QED) is 0.333. The molecule has 8 nitrogen and oxygen atoms in total. The molecule has 4 rings (SSSR count). The smallest absolute Gasteiger partial charge is 0.234 e. The third-order valence-electron chi connectivity index (χ3n) is 4.85. The number of carbonyl (C=O) groups is 1. The van der Waals surface area contributed by atoms with Crippen molar-refractivity contribution in [3.8, 4) is 22.9 Å². The highest BCUT2D eigenvalue weighted by atomic mass is 32.2. The molecule has 0 saturated carbocycles. The number of phenolic OH excluding ortho intramolecular Hbond substituents is 1. The number of aromatic hydroxyl groups is 1. The Morgan fingerprint density at radius 2 is 1.79 bits per heavy atom. The Morgan fingerprint density at radius 1 is 1.03 bits per heavy atom. The first-order chi connectivity index (χ1) is 16.5. The second-order valence-electron chi connectivity index (χ2n) is 7.34. The predicted molar refractivity (Wildman–Crippen MR) is 131 cm³/mol. The lowest BCUT2D eigenvalue weighted by molar-refractivity contribution is -0.113. The van der Waals surface area contributed by atoms with Crippen molar-refractivity contribution >= 4 is 23.4 Å². The number of phenols is 1. The van der Waals surface area contributed by atoms with Crippen LogP contribution in [0.5, 0.6) is 17.2 Å². The van der Waals surface area contributed by atoms with E-state index in [0.29, 0.717) is 28.2 Å². The van der Waals surface area contributed by atoms with Gasteiger partial charge in [0.25, 0.3) is 0 Å². The maximum atomic E-state index is 12.5. The van der Waals surface area contributed by atoms with Crippen LogP contribution in [0.4, 0.5) is 5.69 Å². The van der Waals surface area contributed by atoms with Gasteiger partial charge in [0.05, 0.1) is 12.9 Å². The van der Waals surface area contributed by atoms with Crippen LogP contribution in [0.25, 0.3) is 5.69 Å². The van der Waals surface area contributed by atoms with E-state index in [9.17, 15) is 9.90 Å². The topological polar surface area (TPSA) is 98.5 Å². The van der Waals surface area contributed by atoms with Gasteiger partial charge in [0.2, 0.25) is 5.91 Å². The molecule has 1 atom stereocenters. The van der Waals surface area contributed by atoms with Crippen LogP contribution in [0.15, 0.2) is 84.0 Å². The van der Waals surface area contributed by atoms with Gasteiger partial charge in [0.15, 0.2) is 17.1 Å². The Kier molecular flexibility index (Phi) is 7.34. The van der Waals surface area contributed by atoms with Crippen LogP contribution in [0.3, 0.4) is 0 Å². The fourth-order valence-electron chi connectivity index (χ4n) is 3.30. The Bertz CT molecular complexity index is 1260. The molecule has 4 aromatic rings. The van der Waals surface area contributed by atoms with Crippen molar-refractivity contribution in [3.05, 3.63) is 84.7 Å². The molecule has 0 saturated heterocycles. The van der Waals surface area contributed by atoms with Gasteiger partial charge in [-0.25, -0.2) is 0 Å². The zero-order valence-electron chi connectivity index (χ0n) is 18.7. The lowest BCUT2D eigenvalue weighted by Gasteiger charge is -2.17. The minimum absolute atomic E-state index is 0.0870. The third-order valence-corrected chi connectivity index (χ3v) is 5.78. The van der Waals surface area contributed by atoms with E-state index < -0.39 is 6.10 Å². The molecule has 0 fully saturated rings. The lowest BCUT2D eigenvalue weighted by Crippen LogP contribution is -2.15. The molecule has 3 aromatic carbocycles. The maximum Gasteiger partial charge on any atom is 0.234 e. The Labute approximate surface area is 201 Å². The summed E-state index contributed by atoms with van der Waals surface area (Å²) < 4.78 is 13.3. The number of nitrogens with zero attached hydrogens (tertiary/aromatic N) is 3. The zero-order valence-corrected chi connectivity index (χ0v) is 19.5. The second-order valence-corrected chi connectivity index (χ2v) is 8.28. The molecule has 34 heavy (non-hydrogen) atoms. The van der Waals surface area contributed by atoms with Crippen LogP contribution < -0.4 is 14.8 Å². The number of methoxy groups -OCH3 is 1. The van der Waals surface area contributed by atoms with Gasteiger partial charge in [-0.1, -0.05) is 42.1 Å². The molecule has 0 bridgehead atoms. The first-order valence-electron chi connectivity index (χ1n) is 10.6. The summed E-state index contributed by atoms with van der Waals surface area (Å²) in [6.07, 6.45) is -0.421. The molecule has 0 aliphatic heterocycles. The second kappa shape index (κ2) is 10.8. The number of ether oxygens (including phenoxy) is 2. The number of amides is 1. The summed E-state index contributed by atoms with van der Waals surface area (Å²) in [6.45, 7) is 1.89. The van der Waals surface area contributed by atoms with Crippen molar-refractivity contribution in [1.29, 1.82) is 0 Å². The molecule has 1 heterocycles. The molecule has 174 valence electrons. The van der Waals surface area contributed by atoms with Gasteiger partial charge >= 0.3 is 0 Å². The summed E-state index contributed by atoms with van der Waals surface area (Å²) in [7, 11) is 1.61. The number of para-hydroxylation sites is 1. The summed E-state index contributed by atoms with van der Waals surface area (Å²) in [5, 5.41) is 21.6. The highest BCUT2D eigenvalue weighted by Gasteiger charge is 2.22. The molecule has 0 aliphatic rings. The Balaban J connectivity index is 1.54. The number of carbonyl (C=O) groups excluding carboxylic acids is 1. The Morgan fingerprint density at radius 3 is 2.56 bits per heavy atom. The summed E-state index contributed by atoms with van der Waals surface area (Å²) >= 11 is 1.26. The van der Waals surface area contributed by atoms with Crippen molar-refractivity contribution in [2.45, 2.75) is 18.2 Å². The van der Waals surface area contributed by atoms with E-state index in [1.54, 1.807) is 31.4 Å². The fraction of sp³-hybridized carbons (Fsp3) is 0.160. The standard InChI is InChI=1S/C25H24N4O4S/c1-17(33-22-13-7-12-21(15-22)32-2)24-27-28-25(29(24)19-9-4-3-5-10-19)34-16-23(31)26-18-8-6-11-20(30)14-18/h3-15,17,30H,16H2,1-2H3,(H,26,31). The third kappa shape index (κ3) is 5.68. The SMILES string of the molecule is COc1cccc(OC(C)c2nnc(SCC(=O)Nc3cccc(O)c3)n2-c2ccccc2)c1. The minimum Gasteiger partial charge on any atom is -0.508 e. The van der Waals surface area contributed by atoms with E-state index in [-0.39, 0.29) is 17.4 Å². The number of rotatable bonds is 9. The monoisotopic (exact) mass is 476 g/mol. The minimum atomic E-state index is -0.421. The molecular formula is C25H24N4O4S. The van der Waals surface area contributed by atoms with Gasteiger partial charge in [-0.2, -0.15) is 0 Å². The van der Waals surface area contributed by atoms with Crippen molar-refractivity contribution in [2.24, 2.45) is 0 Å². The summed E-state index contributed by atoms with van der Waals surface area (Å²) in [4.78, 5) is 12.5. The highest BCUT2D eigenvalue weighted by molar-refractivity contribution is 7.99. The summed E-state index contributed by atoms with van der Waals surface area (Å²) in [5.74, 6) is 1.93. The van der Waals surface area contributed by atoms with Crippen LogP contribution in [0, 0.1) is 0 Å². The number of nitrogens with one attached hydrogen (secondary N) is 1. The number of hydrogen-bond donors (Lipinski definition) is 2. The van der Waals surface area contributed by atoms with Gasteiger partial charge in [0.1, 0.15) is 17.2 Å². The summed E-state index contributed by atoms with van der Waals surface area (Å²) in [5.41, 5.74) is 1.38. The number of aromatic nitrogens is 3. The predicted octanol–water partition coefficient (Wildman–Crippen LogP) is 4.85. The molecule has 1 aromatic heterocycles. The van der Waals surface area contributed by atoms with Crippen molar-refractivity contribution in [2.75, 3.05) is 18.2 Å². The van der Waals surface area contributed by atoms with Crippen molar-refractivity contribution in [3.63, 3.8) is 0 Å². The van der Waals surface area contributed by atoms with E-state index in [1.165, 1.54) is 17.8 Å². The van der Waals surface area contributed by atoms with Gasteiger partial charge < -0.3 is 19.9 Å². The van der Waals surface area contributed by atoms with Gasteiger partial charge in [0, 0.05) is 23.5 Å². The van der Waals surface area contributed by atoms with E-state index in [1.807, 2.05) is 60.0 Å². The van der Waals surface area contributed by atoms with Crippen molar-refractivity contribution < 1.29 is 19.4 Å². The average molecular weight is 477 g/mol. The molecule has 9 heteroatoms. The van der Waals surface area contributed by atoms with Crippen molar-refractivity contribution in [1.82, 2.24) is 14.8 Å². The van der Waals surface area contributed by atoms with Gasteiger partial charge in [-0.15, -0.1) is 10.2 Å². The molecule has 1 amide bonds. The maximum absolute atomic E-state index is 12.5. The number of anilines is 1. The molecule has 0 spiro atoms. The van der Waals surface area contributed by atoms with Crippen LogP contribution in [-0.4, -0.2) is 38.6 Å². The van der Waals surface area contributed by atoms with Gasteiger partial charge in [-0.05, 0) is 43.3 Å². The van der Waals surface area contributed by atoms with E-state index in [2.05, 4.69) is 15.5 Å². The van der Waals surface area contributed by atoms with Crippen LogP contribution in [0.1, 0.15) is 18.9 Å². The average Bonchev–Trinajstić information content (AvgIpc) is 3.27. The normalized spacial score (nSPS) is 11.6. The van der Waals surface area contributed by atoms with Crippen LogP contribution in [0.2, 0.25) is 0 Å². The summed E-state index contributed by atoms with van der Waals surface area (Å²) in [6, 6.07) is 23.5. The number of benzene rings is 3. The molecular weight excluding hydrogens is 452 g/mol. The largest absolute Gasteiger partial charge is 0.508 e. The molecule has 0 aliphatic carbocycles. The molecule has 2 N–H and O–H groups in total. The first-order valence-corrected chi connectivity index (χ1v) is 11.5. The van der Waals surface area contributed by atoms with E-state index in [4.69, 9.17) is 9.47 Å². The van der Waals surface area contributed by atoms with Gasteiger partial charge in [-0.3, -0.25) is 9.36 Å². The number of thioether (sulfide) groups is 1. The van der Waals surface area contributed by atoms with E-state index >= 15 is 0 Å². The van der Waals surface area contributed by atoms with Crippen LogP contribution in [-0.2, 0) is 4.79 Å². The van der Waals surface area contributed by atoms with Crippen LogP contribution >= 0.6 is 11.8 Å². The number of hydrogen-bond acceptors (Lipinski definition) is 7. The Hall–Kier alpha value is -3.98.